The molecule has 2 aliphatic rings. The van der Waals surface area contributed by atoms with Crippen LogP contribution in [-0.2, 0) is 10.0 Å². The van der Waals surface area contributed by atoms with Crippen LogP contribution in [0, 0.1) is 0 Å². The molecule has 1 fully saturated rings. The van der Waals surface area contributed by atoms with Gasteiger partial charge in [-0.15, -0.1) is 0 Å². The largest absolute Gasteiger partial charge is 0.493 e. The van der Waals surface area contributed by atoms with Gasteiger partial charge in [0.15, 0.2) is 0 Å². The Kier molecular flexibility index (Phi) is 3.57. The van der Waals surface area contributed by atoms with Crippen molar-refractivity contribution in [1.82, 2.24) is 13.4 Å². The van der Waals surface area contributed by atoms with E-state index in [-0.39, 0.29) is 24.2 Å². The molecule has 0 aliphatic carbocycles. The molecule has 7 nitrogen and oxygen atoms in total. The maximum Gasteiger partial charge on any atom is 0.336 e. The van der Waals surface area contributed by atoms with Gasteiger partial charge in [-0.1, -0.05) is 36.4 Å². The molecule has 1 unspecified atom stereocenters. The van der Waals surface area contributed by atoms with Gasteiger partial charge in [0.25, 0.3) is 0 Å². The van der Waals surface area contributed by atoms with E-state index >= 15 is 0 Å². The highest BCUT2D eigenvalue weighted by Crippen LogP contribution is 2.50. The van der Waals surface area contributed by atoms with Gasteiger partial charge in [0, 0.05) is 11.9 Å². The molecule has 5 rings (SSSR count). The van der Waals surface area contributed by atoms with Crippen molar-refractivity contribution < 1.29 is 13.5 Å². The van der Waals surface area contributed by atoms with E-state index in [0.717, 1.165) is 10.8 Å². The Morgan fingerprint density at radius 1 is 1.11 bits per heavy atom. The lowest BCUT2D eigenvalue weighted by Crippen LogP contribution is -2.40. The van der Waals surface area contributed by atoms with Crippen LogP contribution in [0.3, 0.4) is 0 Å². The second kappa shape index (κ2) is 5.71. The average molecular weight is 399 g/mol. The molecule has 0 spiro atoms. The quantitative estimate of drug-likeness (QED) is 0.734. The van der Waals surface area contributed by atoms with Crippen molar-refractivity contribution in [3.8, 4) is 11.6 Å². The Bertz CT molecular complexity index is 1270. The third kappa shape index (κ3) is 2.13. The van der Waals surface area contributed by atoms with Gasteiger partial charge >= 0.3 is 5.69 Å². The zero-order valence-electron chi connectivity index (χ0n) is 15.6. The number of benzene rings is 2. The van der Waals surface area contributed by atoms with Crippen molar-refractivity contribution >= 4 is 20.8 Å². The maximum absolute atomic E-state index is 13.2. The van der Waals surface area contributed by atoms with Crippen LogP contribution in [0.4, 0.5) is 0 Å². The van der Waals surface area contributed by atoms with Crippen molar-refractivity contribution in [2.24, 2.45) is 0 Å². The van der Waals surface area contributed by atoms with Gasteiger partial charge in [-0.2, -0.15) is 4.31 Å². The lowest BCUT2D eigenvalue weighted by molar-refractivity contribution is 0.339. The SMILES string of the molecule is CC(C)S(=O)(=O)N1C[C@H]2CC1c1c(O)n(-c3cccc4ccccc34)c(=O)n12. The maximum atomic E-state index is 13.2. The predicted molar refractivity (Wildman–Crippen MR) is 106 cm³/mol. The minimum atomic E-state index is -3.47. The number of aromatic nitrogens is 2. The van der Waals surface area contributed by atoms with Crippen LogP contribution in [0.2, 0.25) is 0 Å². The molecule has 3 heterocycles. The van der Waals surface area contributed by atoms with E-state index in [2.05, 4.69) is 0 Å². The van der Waals surface area contributed by atoms with Gasteiger partial charge in [0.1, 0.15) is 5.69 Å². The lowest BCUT2D eigenvalue weighted by Gasteiger charge is -2.28. The normalized spacial score (nSPS) is 21.7. The van der Waals surface area contributed by atoms with Crippen molar-refractivity contribution in [2.75, 3.05) is 6.54 Å². The summed E-state index contributed by atoms with van der Waals surface area (Å²) in [6.45, 7) is 3.57. The van der Waals surface area contributed by atoms with E-state index in [0.29, 0.717) is 17.8 Å². The smallest absolute Gasteiger partial charge is 0.336 e. The molecule has 3 aromatic rings. The Labute approximate surface area is 162 Å². The third-order valence-electron chi connectivity index (χ3n) is 5.94. The first-order chi connectivity index (χ1) is 13.3. The molecule has 1 aromatic heterocycles. The summed E-state index contributed by atoms with van der Waals surface area (Å²) in [6, 6.07) is 12.5. The molecule has 2 bridgehead atoms. The molecule has 28 heavy (non-hydrogen) atoms. The van der Waals surface area contributed by atoms with Gasteiger partial charge in [-0.05, 0) is 31.7 Å². The first-order valence-electron chi connectivity index (χ1n) is 9.37. The van der Waals surface area contributed by atoms with Crippen molar-refractivity contribution in [3.05, 3.63) is 58.6 Å². The molecule has 8 heteroatoms. The van der Waals surface area contributed by atoms with Crippen LogP contribution in [0.15, 0.2) is 47.3 Å². The monoisotopic (exact) mass is 399 g/mol. The molecule has 2 aromatic carbocycles. The number of sulfonamides is 1. The molecular formula is C20H21N3O4S. The van der Waals surface area contributed by atoms with E-state index in [4.69, 9.17) is 0 Å². The summed E-state index contributed by atoms with van der Waals surface area (Å²) in [6.07, 6.45) is 0.528. The fourth-order valence-corrected chi connectivity index (χ4v) is 6.04. The highest BCUT2D eigenvalue weighted by Gasteiger charge is 2.52. The van der Waals surface area contributed by atoms with Gasteiger partial charge < -0.3 is 5.11 Å². The molecule has 0 amide bonds. The molecule has 2 atom stereocenters. The van der Waals surface area contributed by atoms with Crippen LogP contribution in [0.1, 0.15) is 38.0 Å². The summed E-state index contributed by atoms with van der Waals surface area (Å²) in [5, 5.41) is 12.3. The van der Waals surface area contributed by atoms with Crippen LogP contribution in [0.5, 0.6) is 5.88 Å². The summed E-state index contributed by atoms with van der Waals surface area (Å²) < 4.78 is 29.8. The lowest BCUT2D eigenvalue weighted by atomic mass is 10.1. The van der Waals surface area contributed by atoms with E-state index in [9.17, 15) is 18.3 Å². The fraction of sp³-hybridized carbons (Fsp3) is 0.350. The average Bonchev–Trinajstić information content (AvgIpc) is 3.33. The fourth-order valence-electron chi connectivity index (χ4n) is 4.58. The minimum Gasteiger partial charge on any atom is -0.493 e. The number of imidazole rings is 1. The number of aromatic hydroxyl groups is 1. The third-order valence-corrected chi connectivity index (χ3v) is 8.19. The Morgan fingerprint density at radius 2 is 1.82 bits per heavy atom. The molecule has 2 aliphatic heterocycles. The Morgan fingerprint density at radius 3 is 2.57 bits per heavy atom. The summed E-state index contributed by atoms with van der Waals surface area (Å²) in [5.41, 5.74) is 0.677. The summed E-state index contributed by atoms with van der Waals surface area (Å²) in [4.78, 5) is 13.2. The topological polar surface area (TPSA) is 84.5 Å². The number of hydrogen-bond acceptors (Lipinski definition) is 4. The first-order valence-corrected chi connectivity index (χ1v) is 10.9. The van der Waals surface area contributed by atoms with E-state index in [1.165, 1.54) is 8.87 Å². The van der Waals surface area contributed by atoms with Gasteiger partial charge in [0.05, 0.1) is 23.0 Å². The van der Waals surface area contributed by atoms with Gasteiger partial charge in [-0.3, -0.25) is 4.57 Å². The zero-order valence-corrected chi connectivity index (χ0v) is 16.4. The van der Waals surface area contributed by atoms with Gasteiger partial charge in [-0.25, -0.2) is 17.8 Å². The molecule has 0 saturated carbocycles. The van der Waals surface area contributed by atoms with E-state index in [1.807, 2.05) is 36.4 Å². The highest BCUT2D eigenvalue weighted by molar-refractivity contribution is 7.89. The number of nitrogens with zero attached hydrogens (tertiary/aromatic N) is 3. The van der Waals surface area contributed by atoms with Crippen molar-refractivity contribution in [3.63, 3.8) is 0 Å². The van der Waals surface area contributed by atoms with Crippen LogP contribution in [-0.4, -0.2) is 38.8 Å². The molecular weight excluding hydrogens is 378 g/mol. The number of fused-ring (bicyclic) bond motifs is 6. The van der Waals surface area contributed by atoms with Crippen LogP contribution < -0.4 is 5.69 Å². The Balaban J connectivity index is 1.72. The minimum absolute atomic E-state index is 0.169. The van der Waals surface area contributed by atoms with Crippen molar-refractivity contribution in [1.29, 1.82) is 0 Å². The predicted octanol–water partition coefficient (Wildman–Crippen LogP) is 2.54. The van der Waals surface area contributed by atoms with E-state index in [1.54, 1.807) is 24.5 Å². The first kappa shape index (κ1) is 17.5. The second-order valence-electron chi connectivity index (χ2n) is 7.76. The van der Waals surface area contributed by atoms with E-state index < -0.39 is 21.3 Å². The van der Waals surface area contributed by atoms with Crippen LogP contribution in [0.25, 0.3) is 16.5 Å². The molecule has 1 N–H and O–H groups in total. The summed E-state index contributed by atoms with van der Waals surface area (Å²) in [5.74, 6) is -0.169. The zero-order chi connectivity index (χ0) is 19.8. The molecule has 1 saturated heterocycles. The number of hydrogen-bond donors (Lipinski definition) is 1. The highest BCUT2D eigenvalue weighted by atomic mass is 32.2. The second-order valence-corrected chi connectivity index (χ2v) is 10.2. The molecule has 146 valence electrons. The standard InChI is InChI=1S/C20H21N3O4S/c1-12(2)28(26,27)21-11-14-10-17(21)18-19(24)23(20(25)22(14)18)16-9-5-7-13-6-3-4-8-15(13)16/h3-9,12,14,17,24H,10-11H2,1-2H3/t14-,17?/m1/s1. The van der Waals surface area contributed by atoms with Crippen LogP contribution >= 0.6 is 0 Å². The molecule has 0 radical (unpaired) electrons. The Hall–Kier alpha value is -2.58. The van der Waals surface area contributed by atoms with Crippen molar-refractivity contribution in [2.45, 2.75) is 37.6 Å². The summed E-state index contributed by atoms with van der Waals surface area (Å²) >= 11 is 0. The van der Waals surface area contributed by atoms with Gasteiger partial charge in [0.2, 0.25) is 15.9 Å². The summed E-state index contributed by atoms with van der Waals surface area (Å²) in [7, 11) is -3.47. The number of rotatable bonds is 3.